The van der Waals surface area contributed by atoms with Crippen LogP contribution in [0.15, 0.2) is 34.3 Å². The van der Waals surface area contributed by atoms with Gasteiger partial charge in [0.1, 0.15) is 17.9 Å². The second kappa shape index (κ2) is 10.9. The van der Waals surface area contributed by atoms with Gasteiger partial charge in [-0.05, 0) is 24.6 Å². The molecule has 0 saturated carbocycles. The van der Waals surface area contributed by atoms with Gasteiger partial charge in [0.15, 0.2) is 0 Å². The van der Waals surface area contributed by atoms with E-state index in [1.54, 1.807) is 22.8 Å². The fraction of sp³-hybridized carbons (Fsp3) is 0.444. The third-order valence-corrected chi connectivity index (χ3v) is 3.89. The number of pyridine rings is 1. The van der Waals surface area contributed by atoms with Gasteiger partial charge in [-0.3, -0.25) is 4.79 Å². The Hall–Kier alpha value is -3.07. The second-order valence-corrected chi connectivity index (χ2v) is 5.67. The van der Waals surface area contributed by atoms with E-state index < -0.39 is 11.4 Å². The molecule has 10 nitrogen and oxygen atoms in total. The van der Waals surface area contributed by atoms with Gasteiger partial charge in [0.2, 0.25) is 5.43 Å². The summed E-state index contributed by atoms with van der Waals surface area (Å²) in [6.45, 7) is 4.48. The number of fused-ring (bicyclic) bond motifs is 1. The summed E-state index contributed by atoms with van der Waals surface area (Å²) in [6.07, 6.45) is 1.35. The summed E-state index contributed by atoms with van der Waals surface area (Å²) in [5.74, 6) is -0.681. The first-order chi connectivity index (χ1) is 13.6. The Kier molecular flexibility index (Phi) is 8.29. The number of carboxylic acids is 1. The van der Waals surface area contributed by atoms with Crippen molar-refractivity contribution < 1.29 is 24.1 Å². The molecule has 0 spiro atoms. The molecule has 0 unspecified atom stereocenters. The minimum absolute atomic E-state index is 0.252. The summed E-state index contributed by atoms with van der Waals surface area (Å²) in [7, 11) is 0. The predicted molar refractivity (Wildman–Crippen MR) is 102 cm³/mol. The SMILES string of the molecule is CCn1cc(C(=O)O)c(=O)c2ccc(OCCOCCOCCN=[N+]=[N-])cc21. The maximum Gasteiger partial charge on any atom is 0.341 e. The Labute approximate surface area is 160 Å². The van der Waals surface area contributed by atoms with E-state index in [0.717, 1.165) is 0 Å². The Morgan fingerprint density at radius 2 is 1.93 bits per heavy atom. The van der Waals surface area contributed by atoms with Crippen LogP contribution in [0, 0.1) is 0 Å². The van der Waals surface area contributed by atoms with Gasteiger partial charge < -0.3 is 23.9 Å². The Morgan fingerprint density at radius 3 is 2.61 bits per heavy atom. The molecule has 0 aliphatic carbocycles. The van der Waals surface area contributed by atoms with E-state index in [1.165, 1.54) is 6.20 Å². The molecule has 2 rings (SSSR count). The van der Waals surface area contributed by atoms with Crippen molar-refractivity contribution in [2.45, 2.75) is 13.5 Å². The Balaban J connectivity index is 1.89. The molecule has 1 aromatic heterocycles. The summed E-state index contributed by atoms with van der Waals surface area (Å²) in [5, 5.41) is 12.9. The Morgan fingerprint density at radius 1 is 1.21 bits per heavy atom. The molecule has 1 N–H and O–H groups in total. The van der Waals surface area contributed by atoms with Gasteiger partial charge in [0, 0.05) is 35.7 Å². The van der Waals surface area contributed by atoms with Gasteiger partial charge >= 0.3 is 5.97 Å². The highest BCUT2D eigenvalue weighted by atomic mass is 16.5. The van der Waals surface area contributed by atoms with Gasteiger partial charge in [0.05, 0.1) is 31.9 Å². The number of benzene rings is 1. The maximum absolute atomic E-state index is 12.3. The largest absolute Gasteiger partial charge is 0.491 e. The molecule has 0 aliphatic rings. The molecule has 0 bridgehead atoms. The first kappa shape index (κ1) is 21.2. The number of aryl methyl sites for hydroxylation is 1. The number of carboxylic acid groups (broad SMARTS) is 1. The molecule has 0 atom stereocenters. The number of aromatic nitrogens is 1. The van der Waals surface area contributed by atoms with Crippen LogP contribution >= 0.6 is 0 Å². The van der Waals surface area contributed by atoms with Crippen molar-refractivity contribution in [3.05, 3.63) is 50.6 Å². The highest BCUT2D eigenvalue weighted by molar-refractivity contribution is 5.92. The van der Waals surface area contributed by atoms with Crippen LogP contribution in [-0.2, 0) is 16.0 Å². The number of aromatic carboxylic acids is 1. The lowest BCUT2D eigenvalue weighted by Crippen LogP contribution is -2.18. The van der Waals surface area contributed by atoms with E-state index in [-0.39, 0.29) is 5.56 Å². The van der Waals surface area contributed by atoms with Crippen LogP contribution < -0.4 is 10.2 Å². The van der Waals surface area contributed by atoms with E-state index in [9.17, 15) is 14.7 Å². The van der Waals surface area contributed by atoms with Crippen LogP contribution in [-0.4, -0.2) is 55.2 Å². The van der Waals surface area contributed by atoms with Crippen LogP contribution in [0.3, 0.4) is 0 Å². The molecule has 0 amide bonds. The van der Waals surface area contributed by atoms with Crippen LogP contribution in [0.4, 0.5) is 0 Å². The second-order valence-electron chi connectivity index (χ2n) is 5.67. The molecule has 10 heteroatoms. The quantitative estimate of drug-likeness (QED) is 0.256. The highest BCUT2D eigenvalue weighted by Gasteiger charge is 2.14. The zero-order valence-electron chi connectivity index (χ0n) is 15.5. The lowest BCUT2D eigenvalue weighted by molar-refractivity contribution is 0.0388. The average Bonchev–Trinajstić information content (AvgIpc) is 2.69. The standard InChI is InChI=1S/C18H22N4O6/c1-2-22-12-15(18(24)25)17(23)14-4-3-13(11-16(14)22)28-10-9-27-8-7-26-6-5-20-21-19/h3-4,11-12H,2,5-10H2,1H3,(H,24,25). The van der Waals surface area contributed by atoms with Gasteiger partial charge in [-0.2, -0.15) is 0 Å². The fourth-order valence-electron chi connectivity index (χ4n) is 2.56. The molecule has 0 radical (unpaired) electrons. The van der Waals surface area contributed by atoms with Gasteiger partial charge in [-0.1, -0.05) is 5.11 Å². The smallest absolute Gasteiger partial charge is 0.341 e. The van der Waals surface area contributed by atoms with Crippen molar-refractivity contribution in [3.63, 3.8) is 0 Å². The minimum atomic E-state index is -1.24. The van der Waals surface area contributed by atoms with Crippen LogP contribution in [0.1, 0.15) is 17.3 Å². The topological polar surface area (TPSA) is 136 Å². The van der Waals surface area contributed by atoms with Gasteiger partial charge in [-0.25, -0.2) is 4.79 Å². The first-order valence-electron chi connectivity index (χ1n) is 8.78. The van der Waals surface area contributed by atoms with Crippen molar-refractivity contribution in [2.24, 2.45) is 5.11 Å². The lowest BCUT2D eigenvalue weighted by atomic mass is 10.1. The number of ether oxygens (including phenoxy) is 3. The number of nitrogens with zero attached hydrogens (tertiary/aromatic N) is 4. The van der Waals surface area contributed by atoms with Crippen molar-refractivity contribution in [1.29, 1.82) is 0 Å². The molecule has 0 saturated heterocycles. The number of rotatable bonds is 12. The zero-order chi connectivity index (χ0) is 20.4. The Bertz CT molecular complexity index is 920. The van der Waals surface area contributed by atoms with E-state index >= 15 is 0 Å². The number of hydrogen-bond acceptors (Lipinski definition) is 6. The summed E-state index contributed by atoms with van der Waals surface area (Å²) in [5.41, 5.74) is 7.97. The molecule has 0 fully saturated rings. The van der Waals surface area contributed by atoms with E-state index in [4.69, 9.17) is 19.7 Å². The maximum atomic E-state index is 12.3. The minimum Gasteiger partial charge on any atom is -0.491 e. The zero-order valence-corrected chi connectivity index (χ0v) is 15.5. The summed E-state index contributed by atoms with van der Waals surface area (Å²) < 4.78 is 17.9. The van der Waals surface area contributed by atoms with Crippen LogP contribution in [0.2, 0.25) is 0 Å². The molecule has 1 heterocycles. The summed E-state index contributed by atoms with van der Waals surface area (Å²) in [4.78, 5) is 26.2. The van der Waals surface area contributed by atoms with Crippen LogP contribution in [0.25, 0.3) is 21.3 Å². The van der Waals surface area contributed by atoms with E-state index in [2.05, 4.69) is 10.0 Å². The van der Waals surface area contributed by atoms with E-state index in [1.807, 2.05) is 6.92 Å². The van der Waals surface area contributed by atoms with Gasteiger partial charge in [-0.15, -0.1) is 0 Å². The number of carbonyl (C=O) groups is 1. The average molecular weight is 390 g/mol. The monoisotopic (exact) mass is 390 g/mol. The molecular formula is C18H22N4O6. The summed E-state index contributed by atoms with van der Waals surface area (Å²) in [6, 6.07) is 4.92. The number of hydrogen-bond donors (Lipinski definition) is 1. The summed E-state index contributed by atoms with van der Waals surface area (Å²) >= 11 is 0. The molecular weight excluding hydrogens is 368 g/mol. The molecule has 28 heavy (non-hydrogen) atoms. The van der Waals surface area contributed by atoms with Gasteiger partial charge in [0.25, 0.3) is 0 Å². The third-order valence-electron chi connectivity index (χ3n) is 3.89. The van der Waals surface area contributed by atoms with Crippen molar-refractivity contribution >= 4 is 16.9 Å². The molecule has 2 aromatic rings. The predicted octanol–water partition coefficient (Wildman–Crippen LogP) is 2.44. The molecule has 0 aliphatic heterocycles. The fourth-order valence-corrected chi connectivity index (χ4v) is 2.56. The van der Waals surface area contributed by atoms with Crippen molar-refractivity contribution in [3.8, 4) is 5.75 Å². The lowest BCUT2D eigenvalue weighted by Gasteiger charge is -2.12. The van der Waals surface area contributed by atoms with E-state index in [0.29, 0.717) is 62.8 Å². The normalized spacial score (nSPS) is 10.6. The molecule has 150 valence electrons. The van der Waals surface area contributed by atoms with Crippen LogP contribution in [0.5, 0.6) is 5.75 Å². The van der Waals surface area contributed by atoms with Crippen molar-refractivity contribution in [2.75, 3.05) is 39.6 Å². The number of azide groups is 1. The molecule has 1 aromatic carbocycles. The third kappa shape index (κ3) is 5.71. The highest BCUT2D eigenvalue weighted by Crippen LogP contribution is 2.19. The van der Waals surface area contributed by atoms with Crippen molar-refractivity contribution in [1.82, 2.24) is 4.57 Å². The first-order valence-corrected chi connectivity index (χ1v) is 8.78.